The second-order valence-corrected chi connectivity index (χ2v) is 8.42. The van der Waals surface area contributed by atoms with Crippen LogP contribution in [-0.2, 0) is 0 Å². The van der Waals surface area contributed by atoms with Crippen LogP contribution in [0.25, 0.3) is 22.3 Å². The zero-order valence-electron chi connectivity index (χ0n) is 20.1. The normalized spacial score (nSPS) is 10.5. The van der Waals surface area contributed by atoms with Gasteiger partial charge in [0.1, 0.15) is 23.0 Å². The number of hydrogen-bond acceptors (Lipinski definition) is 4. The molecule has 0 aliphatic rings. The van der Waals surface area contributed by atoms with E-state index < -0.39 is 11.9 Å². The van der Waals surface area contributed by atoms with E-state index >= 15 is 0 Å². The molecule has 2 N–H and O–H groups in total. The Morgan fingerprint density at radius 3 is 1.61 bits per heavy atom. The maximum absolute atomic E-state index is 11.6. The molecule has 0 heterocycles. The first kappa shape index (κ1) is 24.3. The lowest BCUT2D eigenvalue weighted by Crippen LogP contribution is -1.99. The molecule has 0 aliphatic carbocycles. The third-order valence-electron chi connectivity index (χ3n) is 5.88. The molecule has 0 spiro atoms. The molecule has 6 heteroatoms. The van der Waals surface area contributed by atoms with Gasteiger partial charge < -0.3 is 19.7 Å². The van der Waals surface area contributed by atoms with Gasteiger partial charge >= 0.3 is 11.9 Å². The lowest BCUT2D eigenvalue weighted by atomic mass is 9.96. The molecule has 5 aromatic carbocycles. The average molecular weight is 503 g/mol. The summed E-state index contributed by atoms with van der Waals surface area (Å²) in [6.07, 6.45) is 0. The predicted octanol–water partition coefficient (Wildman–Crippen LogP) is 8.00. The summed E-state index contributed by atoms with van der Waals surface area (Å²) in [5.74, 6) is -0.491. The minimum Gasteiger partial charge on any atom is -0.478 e. The zero-order chi connectivity index (χ0) is 26.5. The standard InChI is InChI=1S/C32H22O6/c33-31(34)23-13-7-15-25(19-23)37-28-18-17-27(21-9-3-1-4-10-21)30(29(28)22-11-5-2-6-12-22)38-26-16-8-14-24(20-26)32(35)36/h1-20H,(H,33,34)(H,35,36). The molecule has 0 saturated carbocycles. The van der Waals surface area contributed by atoms with Crippen LogP contribution in [0.1, 0.15) is 20.7 Å². The second kappa shape index (κ2) is 10.7. The van der Waals surface area contributed by atoms with Gasteiger partial charge in [-0.25, -0.2) is 9.59 Å². The molecule has 0 saturated heterocycles. The van der Waals surface area contributed by atoms with Crippen molar-refractivity contribution in [2.75, 3.05) is 0 Å². The first-order valence-electron chi connectivity index (χ1n) is 11.8. The van der Waals surface area contributed by atoms with Crippen LogP contribution in [0.4, 0.5) is 0 Å². The van der Waals surface area contributed by atoms with Crippen molar-refractivity contribution in [3.8, 4) is 45.3 Å². The molecule has 0 atom stereocenters. The number of carboxylic acid groups (broad SMARTS) is 2. The molecule has 0 bridgehead atoms. The van der Waals surface area contributed by atoms with Crippen molar-refractivity contribution >= 4 is 11.9 Å². The summed E-state index contributed by atoms with van der Waals surface area (Å²) < 4.78 is 12.7. The van der Waals surface area contributed by atoms with E-state index in [-0.39, 0.29) is 11.1 Å². The summed E-state index contributed by atoms with van der Waals surface area (Å²) >= 11 is 0. The maximum atomic E-state index is 11.6. The molecule has 0 unspecified atom stereocenters. The lowest BCUT2D eigenvalue weighted by Gasteiger charge is -2.20. The fourth-order valence-electron chi connectivity index (χ4n) is 4.11. The third kappa shape index (κ3) is 5.24. The van der Waals surface area contributed by atoms with E-state index in [2.05, 4.69) is 0 Å². The van der Waals surface area contributed by atoms with Crippen molar-refractivity contribution in [2.24, 2.45) is 0 Å². The number of hydrogen-bond donors (Lipinski definition) is 2. The third-order valence-corrected chi connectivity index (χ3v) is 5.88. The SMILES string of the molecule is O=C(O)c1cccc(Oc2ccc(-c3ccccc3)c(Oc3cccc(C(=O)O)c3)c2-c2ccccc2)c1. The molecule has 0 fully saturated rings. The number of carboxylic acids is 2. The minimum absolute atomic E-state index is 0.0999. The molecule has 5 aromatic rings. The Morgan fingerprint density at radius 2 is 1.05 bits per heavy atom. The smallest absolute Gasteiger partial charge is 0.335 e. The highest BCUT2D eigenvalue weighted by Gasteiger charge is 2.21. The number of aromatic carboxylic acids is 2. The van der Waals surface area contributed by atoms with E-state index in [9.17, 15) is 19.8 Å². The number of carbonyl (C=O) groups is 2. The topological polar surface area (TPSA) is 93.1 Å². The number of benzene rings is 5. The summed E-state index contributed by atoms with van der Waals surface area (Å²) in [4.78, 5) is 23.1. The van der Waals surface area contributed by atoms with E-state index in [1.807, 2.05) is 72.8 Å². The Hall–Kier alpha value is -5.36. The van der Waals surface area contributed by atoms with Gasteiger partial charge in [0.05, 0.1) is 16.7 Å². The monoisotopic (exact) mass is 502 g/mol. The van der Waals surface area contributed by atoms with Crippen molar-refractivity contribution in [3.63, 3.8) is 0 Å². The Balaban J connectivity index is 1.73. The Bertz CT molecular complexity index is 1610. The van der Waals surface area contributed by atoms with Crippen molar-refractivity contribution in [3.05, 3.63) is 132 Å². The molecular formula is C32H22O6. The van der Waals surface area contributed by atoms with Crippen LogP contribution in [-0.4, -0.2) is 22.2 Å². The zero-order valence-corrected chi connectivity index (χ0v) is 20.1. The predicted molar refractivity (Wildman–Crippen MR) is 144 cm³/mol. The Labute approximate surface area is 219 Å². The van der Waals surface area contributed by atoms with Crippen molar-refractivity contribution in [2.45, 2.75) is 0 Å². The maximum Gasteiger partial charge on any atom is 0.335 e. The number of rotatable bonds is 8. The van der Waals surface area contributed by atoms with E-state index in [0.29, 0.717) is 28.6 Å². The number of ether oxygens (including phenoxy) is 2. The highest BCUT2D eigenvalue weighted by atomic mass is 16.5. The van der Waals surface area contributed by atoms with E-state index in [0.717, 1.165) is 16.7 Å². The van der Waals surface area contributed by atoms with Crippen LogP contribution in [0.15, 0.2) is 121 Å². The fourth-order valence-corrected chi connectivity index (χ4v) is 4.11. The van der Waals surface area contributed by atoms with Gasteiger partial charge in [-0.1, -0.05) is 72.8 Å². The Kier molecular flexibility index (Phi) is 6.87. The van der Waals surface area contributed by atoms with Gasteiger partial charge in [-0.05, 0) is 59.7 Å². The molecule has 0 aliphatic heterocycles. The van der Waals surface area contributed by atoms with E-state index in [1.165, 1.54) is 24.3 Å². The minimum atomic E-state index is -1.06. The van der Waals surface area contributed by atoms with Crippen LogP contribution < -0.4 is 9.47 Å². The largest absolute Gasteiger partial charge is 0.478 e. The molecular weight excluding hydrogens is 480 g/mol. The first-order valence-corrected chi connectivity index (χ1v) is 11.8. The van der Waals surface area contributed by atoms with Crippen LogP contribution in [0.3, 0.4) is 0 Å². The van der Waals surface area contributed by atoms with E-state index in [1.54, 1.807) is 24.3 Å². The molecule has 186 valence electrons. The van der Waals surface area contributed by atoms with Crippen LogP contribution in [0.5, 0.6) is 23.0 Å². The van der Waals surface area contributed by atoms with Crippen molar-refractivity contribution in [1.29, 1.82) is 0 Å². The van der Waals surface area contributed by atoms with Crippen molar-refractivity contribution < 1.29 is 29.3 Å². The molecule has 5 rings (SSSR count). The second-order valence-electron chi connectivity index (χ2n) is 8.42. The molecule has 38 heavy (non-hydrogen) atoms. The van der Waals surface area contributed by atoms with Crippen LogP contribution in [0.2, 0.25) is 0 Å². The van der Waals surface area contributed by atoms with Gasteiger partial charge in [0, 0.05) is 5.56 Å². The summed E-state index contributed by atoms with van der Waals surface area (Å²) in [7, 11) is 0. The summed E-state index contributed by atoms with van der Waals surface area (Å²) in [6.45, 7) is 0. The van der Waals surface area contributed by atoms with Crippen LogP contribution in [0, 0.1) is 0 Å². The van der Waals surface area contributed by atoms with Gasteiger partial charge in [-0.15, -0.1) is 0 Å². The van der Waals surface area contributed by atoms with Crippen molar-refractivity contribution in [1.82, 2.24) is 0 Å². The molecule has 0 amide bonds. The van der Waals surface area contributed by atoms with Gasteiger partial charge in [-0.3, -0.25) is 0 Å². The highest BCUT2D eigenvalue weighted by molar-refractivity contribution is 5.90. The first-order chi connectivity index (χ1) is 18.5. The fraction of sp³-hybridized carbons (Fsp3) is 0. The molecule has 6 nitrogen and oxygen atoms in total. The molecule has 0 aromatic heterocycles. The quantitative estimate of drug-likeness (QED) is 0.223. The molecule has 0 radical (unpaired) electrons. The lowest BCUT2D eigenvalue weighted by molar-refractivity contribution is 0.0686. The van der Waals surface area contributed by atoms with Gasteiger partial charge in [0.2, 0.25) is 0 Å². The highest BCUT2D eigenvalue weighted by Crippen LogP contribution is 2.47. The summed E-state index contributed by atoms with van der Waals surface area (Å²) in [5.41, 5.74) is 3.31. The van der Waals surface area contributed by atoms with Crippen LogP contribution >= 0.6 is 0 Å². The van der Waals surface area contributed by atoms with Gasteiger partial charge in [0.25, 0.3) is 0 Å². The van der Waals surface area contributed by atoms with Gasteiger partial charge in [0.15, 0.2) is 0 Å². The summed E-state index contributed by atoms with van der Waals surface area (Å²) in [5, 5.41) is 18.9. The average Bonchev–Trinajstić information content (AvgIpc) is 2.94. The van der Waals surface area contributed by atoms with Gasteiger partial charge in [-0.2, -0.15) is 0 Å². The Morgan fingerprint density at radius 1 is 0.526 bits per heavy atom. The van der Waals surface area contributed by atoms with E-state index in [4.69, 9.17) is 9.47 Å². The summed E-state index contributed by atoms with van der Waals surface area (Å²) in [6, 6.07) is 35.5.